The van der Waals surface area contributed by atoms with Crippen LogP contribution in [0.1, 0.15) is 18.8 Å². The van der Waals surface area contributed by atoms with Crippen LogP contribution in [0.2, 0.25) is 0 Å². The third-order valence-corrected chi connectivity index (χ3v) is 6.10. The number of carbonyl (C=O) groups is 1. The molecule has 9 heteroatoms. The van der Waals surface area contributed by atoms with Crippen molar-refractivity contribution >= 4 is 15.9 Å². The summed E-state index contributed by atoms with van der Waals surface area (Å²) in [4.78, 5) is 17.6. The molecular formula is C13H23N5O3S. The molecule has 1 fully saturated rings. The maximum atomic E-state index is 12.9. The van der Waals surface area contributed by atoms with E-state index in [9.17, 15) is 13.2 Å². The van der Waals surface area contributed by atoms with Gasteiger partial charge in [-0.25, -0.2) is 13.4 Å². The van der Waals surface area contributed by atoms with E-state index in [1.165, 1.54) is 16.1 Å². The van der Waals surface area contributed by atoms with Crippen molar-refractivity contribution in [2.24, 2.45) is 7.05 Å². The van der Waals surface area contributed by atoms with Crippen LogP contribution >= 0.6 is 0 Å². The number of nitrogens with zero attached hydrogens (tertiary/aromatic N) is 4. The average molecular weight is 329 g/mol. The number of sulfonamides is 1. The summed E-state index contributed by atoms with van der Waals surface area (Å²) in [5.74, 6) is 0.248. The number of piperazine rings is 1. The fourth-order valence-corrected chi connectivity index (χ4v) is 4.34. The van der Waals surface area contributed by atoms with Crippen molar-refractivity contribution in [1.29, 1.82) is 0 Å². The third kappa shape index (κ3) is 3.01. The summed E-state index contributed by atoms with van der Waals surface area (Å²) >= 11 is 0. The van der Waals surface area contributed by atoms with Crippen molar-refractivity contribution in [2.75, 3.05) is 33.7 Å². The van der Waals surface area contributed by atoms with Gasteiger partial charge in [-0.2, -0.15) is 4.31 Å². The van der Waals surface area contributed by atoms with Gasteiger partial charge in [0.2, 0.25) is 15.9 Å². The first kappa shape index (κ1) is 16.9. The second kappa shape index (κ2) is 6.35. The van der Waals surface area contributed by atoms with Gasteiger partial charge in [-0.05, 0) is 6.92 Å². The Kier molecular flexibility index (Phi) is 4.88. The Morgan fingerprint density at radius 2 is 2.18 bits per heavy atom. The average Bonchev–Trinajstić information content (AvgIpc) is 2.91. The van der Waals surface area contributed by atoms with Crippen LogP contribution in [0.4, 0.5) is 0 Å². The Labute approximate surface area is 131 Å². The van der Waals surface area contributed by atoms with E-state index >= 15 is 0 Å². The standard InChI is InChI=1S/C13H23N5O3S/c1-10(13(19)16(2)3)22(20,21)18-8-5-14-9-11(18)12-15-6-7-17(12)4/h6-7,10-11,14H,5,8-9H2,1-4H3. The van der Waals surface area contributed by atoms with Gasteiger partial charge in [0.1, 0.15) is 5.82 Å². The van der Waals surface area contributed by atoms with Crippen LogP contribution in [0, 0.1) is 0 Å². The van der Waals surface area contributed by atoms with Crippen molar-refractivity contribution in [3.05, 3.63) is 18.2 Å². The molecule has 1 amide bonds. The quantitative estimate of drug-likeness (QED) is 0.779. The summed E-state index contributed by atoms with van der Waals surface area (Å²) < 4.78 is 28.9. The smallest absolute Gasteiger partial charge is 0.241 e. The van der Waals surface area contributed by atoms with E-state index in [2.05, 4.69) is 10.3 Å². The number of rotatable bonds is 4. The lowest BCUT2D eigenvalue weighted by Gasteiger charge is -2.36. The van der Waals surface area contributed by atoms with Crippen LogP contribution in [0.3, 0.4) is 0 Å². The molecule has 0 spiro atoms. The molecule has 0 bridgehead atoms. The maximum Gasteiger partial charge on any atom is 0.241 e. The molecule has 2 heterocycles. The number of nitrogens with one attached hydrogen (secondary N) is 1. The van der Waals surface area contributed by atoms with E-state index < -0.39 is 27.2 Å². The van der Waals surface area contributed by atoms with Crippen LogP contribution in [-0.4, -0.2) is 72.1 Å². The summed E-state index contributed by atoms with van der Waals surface area (Å²) in [6.45, 7) is 2.80. The van der Waals surface area contributed by atoms with E-state index in [1.54, 1.807) is 31.1 Å². The van der Waals surface area contributed by atoms with E-state index in [0.29, 0.717) is 25.5 Å². The van der Waals surface area contributed by atoms with Crippen LogP contribution in [0.15, 0.2) is 12.4 Å². The van der Waals surface area contributed by atoms with Crippen molar-refractivity contribution in [3.8, 4) is 0 Å². The van der Waals surface area contributed by atoms with E-state index in [0.717, 1.165) is 0 Å². The Bertz CT molecular complexity index is 640. The van der Waals surface area contributed by atoms with Gasteiger partial charge < -0.3 is 14.8 Å². The minimum Gasteiger partial charge on any atom is -0.348 e. The van der Waals surface area contributed by atoms with Crippen molar-refractivity contribution in [3.63, 3.8) is 0 Å². The van der Waals surface area contributed by atoms with Gasteiger partial charge in [-0.15, -0.1) is 0 Å². The number of carbonyl (C=O) groups excluding carboxylic acids is 1. The monoisotopic (exact) mass is 329 g/mol. The molecule has 2 rings (SSSR count). The first-order valence-corrected chi connectivity index (χ1v) is 8.67. The molecule has 0 radical (unpaired) electrons. The molecule has 1 aromatic rings. The molecule has 22 heavy (non-hydrogen) atoms. The highest BCUT2D eigenvalue weighted by molar-refractivity contribution is 7.90. The highest BCUT2D eigenvalue weighted by Gasteiger charge is 2.41. The Morgan fingerprint density at radius 3 is 2.73 bits per heavy atom. The number of aryl methyl sites for hydroxylation is 1. The minimum absolute atomic E-state index is 0.324. The largest absolute Gasteiger partial charge is 0.348 e. The normalized spacial score (nSPS) is 21.5. The zero-order valence-corrected chi connectivity index (χ0v) is 14.2. The topological polar surface area (TPSA) is 87.5 Å². The molecule has 1 aromatic heterocycles. The van der Waals surface area contributed by atoms with Crippen LogP contribution in [0.25, 0.3) is 0 Å². The summed E-state index contributed by atoms with van der Waals surface area (Å²) in [7, 11) is 1.20. The zero-order chi connectivity index (χ0) is 16.5. The summed E-state index contributed by atoms with van der Waals surface area (Å²) in [5, 5.41) is 2.08. The minimum atomic E-state index is -3.75. The lowest BCUT2D eigenvalue weighted by Crippen LogP contribution is -2.53. The molecule has 8 nitrogen and oxygen atoms in total. The molecule has 1 aliphatic rings. The van der Waals surface area contributed by atoms with Gasteiger partial charge in [-0.3, -0.25) is 4.79 Å². The van der Waals surface area contributed by atoms with Gasteiger partial charge >= 0.3 is 0 Å². The SMILES string of the molecule is CC(C(=O)N(C)C)S(=O)(=O)N1CCNCC1c1nccn1C. The number of aromatic nitrogens is 2. The molecule has 2 atom stereocenters. The Morgan fingerprint density at radius 1 is 1.50 bits per heavy atom. The summed E-state index contributed by atoms with van der Waals surface area (Å²) in [5.41, 5.74) is 0. The number of hydrogen-bond acceptors (Lipinski definition) is 5. The molecule has 1 N–H and O–H groups in total. The van der Waals surface area contributed by atoms with E-state index in [-0.39, 0.29) is 0 Å². The van der Waals surface area contributed by atoms with Crippen molar-refractivity contribution in [1.82, 2.24) is 24.1 Å². The summed E-state index contributed by atoms with van der Waals surface area (Å²) in [6.07, 6.45) is 3.42. The molecule has 1 aliphatic heterocycles. The van der Waals surface area contributed by atoms with Gasteiger partial charge in [-0.1, -0.05) is 0 Å². The summed E-state index contributed by atoms with van der Waals surface area (Å²) in [6, 6.07) is -0.406. The lowest BCUT2D eigenvalue weighted by atomic mass is 10.2. The van der Waals surface area contributed by atoms with E-state index in [4.69, 9.17) is 0 Å². The second-order valence-electron chi connectivity index (χ2n) is 5.65. The molecular weight excluding hydrogens is 306 g/mol. The van der Waals surface area contributed by atoms with Crippen LogP contribution in [-0.2, 0) is 21.9 Å². The predicted molar refractivity (Wildman–Crippen MR) is 82.6 cm³/mol. The first-order valence-electron chi connectivity index (χ1n) is 7.16. The van der Waals surface area contributed by atoms with Gasteiger partial charge in [0.25, 0.3) is 0 Å². The van der Waals surface area contributed by atoms with Crippen LogP contribution in [0.5, 0.6) is 0 Å². The molecule has 2 unspecified atom stereocenters. The van der Waals surface area contributed by atoms with Crippen molar-refractivity contribution in [2.45, 2.75) is 18.2 Å². The molecule has 0 aliphatic carbocycles. The zero-order valence-electron chi connectivity index (χ0n) is 13.4. The second-order valence-corrected chi connectivity index (χ2v) is 7.85. The van der Waals surface area contributed by atoms with Crippen molar-refractivity contribution < 1.29 is 13.2 Å². The lowest BCUT2D eigenvalue weighted by molar-refractivity contribution is -0.128. The fraction of sp³-hybridized carbons (Fsp3) is 0.692. The number of imidazole rings is 1. The maximum absolute atomic E-state index is 12.9. The fourth-order valence-electron chi connectivity index (χ4n) is 2.60. The number of hydrogen-bond donors (Lipinski definition) is 1. The Hall–Kier alpha value is -1.45. The highest BCUT2D eigenvalue weighted by atomic mass is 32.2. The molecule has 0 saturated carbocycles. The first-order chi connectivity index (χ1) is 10.3. The highest BCUT2D eigenvalue weighted by Crippen LogP contribution is 2.26. The molecule has 1 saturated heterocycles. The van der Waals surface area contributed by atoms with Gasteiger partial charge in [0.05, 0.1) is 6.04 Å². The van der Waals surface area contributed by atoms with Gasteiger partial charge in [0, 0.05) is 53.2 Å². The van der Waals surface area contributed by atoms with E-state index in [1.807, 2.05) is 7.05 Å². The Balaban J connectivity index is 2.35. The van der Waals surface area contributed by atoms with Crippen LogP contribution < -0.4 is 5.32 Å². The third-order valence-electron chi connectivity index (χ3n) is 3.91. The predicted octanol–water partition coefficient (Wildman–Crippen LogP) is -0.827. The molecule has 0 aromatic carbocycles. The van der Waals surface area contributed by atoms with Gasteiger partial charge in [0.15, 0.2) is 5.25 Å². The molecule has 124 valence electrons. The number of amides is 1.